The van der Waals surface area contributed by atoms with E-state index >= 15 is 0 Å². The topological polar surface area (TPSA) is 30.2 Å². The zero-order chi connectivity index (χ0) is 9.26. The average Bonchev–Trinajstić information content (AvgIpc) is 2.55. The molecule has 0 radical (unpaired) electrons. The number of fused-ring (bicyclic) bond motifs is 1. The largest absolute Gasteiger partial charge is 0.452 e. The molecule has 2 nitrogen and oxygen atoms in total. The van der Waals surface area contributed by atoms with E-state index in [1.54, 1.807) is 6.07 Å². The highest BCUT2D eigenvalue weighted by atomic mass is 16.3. The van der Waals surface area contributed by atoms with E-state index in [0.717, 1.165) is 5.39 Å². The van der Waals surface area contributed by atoms with Crippen LogP contribution in [-0.2, 0) is 0 Å². The minimum absolute atomic E-state index is 0.226. The Bertz CT molecular complexity index is 500. The van der Waals surface area contributed by atoms with E-state index in [-0.39, 0.29) is 5.76 Å². The number of furan rings is 1. The number of aldehydes is 1. The molecule has 0 atom stereocenters. The lowest BCUT2D eigenvalue weighted by atomic mass is 10.1. The van der Waals surface area contributed by atoms with E-state index < -0.39 is 0 Å². The van der Waals surface area contributed by atoms with Gasteiger partial charge in [-0.2, -0.15) is 0 Å². The summed E-state index contributed by atoms with van der Waals surface area (Å²) in [4.78, 5) is 10.6. The van der Waals surface area contributed by atoms with E-state index in [9.17, 15) is 4.79 Å². The van der Waals surface area contributed by atoms with Crippen LogP contribution in [0.5, 0.6) is 0 Å². The van der Waals surface area contributed by atoms with Crippen LogP contribution in [-0.4, -0.2) is 6.29 Å². The summed E-state index contributed by atoms with van der Waals surface area (Å²) in [6.45, 7) is 0. The van der Waals surface area contributed by atoms with Crippen LogP contribution in [0.4, 0.5) is 0 Å². The number of carbonyl (C=O) groups is 1. The van der Waals surface area contributed by atoms with Crippen molar-refractivity contribution in [2.24, 2.45) is 0 Å². The number of rotatable bonds is 1. The Morgan fingerprint density at radius 1 is 1.38 bits per heavy atom. The molecule has 13 heavy (non-hydrogen) atoms. The summed E-state index contributed by atoms with van der Waals surface area (Å²) in [6.07, 6.45) is 5.90. The van der Waals surface area contributed by atoms with Gasteiger partial charge in [-0.25, -0.2) is 0 Å². The van der Waals surface area contributed by atoms with Crippen molar-refractivity contribution < 1.29 is 9.21 Å². The Balaban J connectivity index is 2.91. The molecule has 0 aliphatic carbocycles. The van der Waals surface area contributed by atoms with Gasteiger partial charge in [-0.05, 0) is 12.1 Å². The second kappa shape index (κ2) is 2.80. The second-order valence-electron chi connectivity index (χ2n) is 2.60. The van der Waals surface area contributed by atoms with Gasteiger partial charge >= 0.3 is 0 Å². The summed E-state index contributed by atoms with van der Waals surface area (Å²) in [5.41, 5.74) is 1.18. The van der Waals surface area contributed by atoms with Crippen LogP contribution >= 0.6 is 0 Å². The molecule has 0 aliphatic heterocycles. The van der Waals surface area contributed by atoms with Gasteiger partial charge in [-0.3, -0.25) is 4.79 Å². The molecular formula is C11H6O2. The van der Waals surface area contributed by atoms with Crippen molar-refractivity contribution in [1.82, 2.24) is 0 Å². The Morgan fingerprint density at radius 2 is 2.15 bits per heavy atom. The third-order valence-electron chi connectivity index (χ3n) is 1.87. The zero-order valence-corrected chi connectivity index (χ0v) is 6.78. The maximum Gasteiger partial charge on any atom is 0.186 e. The molecule has 1 aromatic heterocycles. The summed E-state index contributed by atoms with van der Waals surface area (Å²) in [5.74, 6) is 2.67. The number of hydrogen-bond donors (Lipinski definition) is 0. The molecule has 0 spiro atoms. The summed E-state index contributed by atoms with van der Waals surface area (Å²) in [7, 11) is 0. The van der Waals surface area contributed by atoms with Crippen LogP contribution in [0, 0.1) is 12.3 Å². The average molecular weight is 170 g/mol. The highest BCUT2D eigenvalue weighted by Crippen LogP contribution is 2.23. The molecule has 0 amide bonds. The van der Waals surface area contributed by atoms with Crippen LogP contribution < -0.4 is 0 Å². The van der Waals surface area contributed by atoms with Crippen molar-refractivity contribution in [2.75, 3.05) is 0 Å². The Hall–Kier alpha value is -2.01. The maximum absolute atomic E-state index is 10.6. The van der Waals surface area contributed by atoms with E-state index in [4.69, 9.17) is 10.8 Å². The van der Waals surface area contributed by atoms with Gasteiger partial charge in [0.2, 0.25) is 0 Å². The van der Waals surface area contributed by atoms with Crippen LogP contribution in [0.3, 0.4) is 0 Å². The number of benzene rings is 1. The van der Waals surface area contributed by atoms with Gasteiger partial charge in [-0.1, -0.05) is 18.1 Å². The first-order chi connectivity index (χ1) is 6.36. The summed E-state index contributed by atoms with van der Waals surface area (Å²) in [5, 5.41) is 0.812. The molecule has 62 valence electrons. The first-order valence-corrected chi connectivity index (χ1v) is 3.80. The molecule has 1 aromatic carbocycles. The van der Waals surface area contributed by atoms with Crippen LogP contribution in [0.2, 0.25) is 0 Å². The van der Waals surface area contributed by atoms with Gasteiger partial charge in [0.1, 0.15) is 5.58 Å². The molecule has 0 bridgehead atoms. The Kier molecular flexibility index (Phi) is 1.64. The summed E-state index contributed by atoms with van der Waals surface area (Å²) in [6, 6.07) is 7.30. The molecular weight excluding hydrogens is 164 g/mol. The van der Waals surface area contributed by atoms with E-state index in [1.807, 2.05) is 18.2 Å². The lowest BCUT2D eigenvalue weighted by Gasteiger charge is -1.84. The first kappa shape index (κ1) is 7.63. The highest BCUT2D eigenvalue weighted by molar-refractivity contribution is 5.92. The highest BCUT2D eigenvalue weighted by Gasteiger charge is 2.09. The second-order valence-corrected chi connectivity index (χ2v) is 2.60. The molecule has 2 heteroatoms. The van der Waals surface area contributed by atoms with Crippen molar-refractivity contribution in [2.45, 2.75) is 0 Å². The fourth-order valence-corrected chi connectivity index (χ4v) is 1.30. The third-order valence-corrected chi connectivity index (χ3v) is 1.87. The van der Waals surface area contributed by atoms with Crippen molar-refractivity contribution in [3.05, 3.63) is 35.6 Å². The van der Waals surface area contributed by atoms with Gasteiger partial charge < -0.3 is 4.42 Å². The van der Waals surface area contributed by atoms with Crippen LogP contribution in [0.25, 0.3) is 11.0 Å². The molecule has 1 heterocycles. The number of terminal acetylenes is 1. The van der Waals surface area contributed by atoms with E-state index in [0.29, 0.717) is 17.4 Å². The van der Waals surface area contributed by atoms with Crippen molar-refractivity contribution in [3.8, 4) is 12.3 Å². The standard InChI is InChI=1S/C11H6O2/c1-2-8-9-5-3-4-6-10(9)13-11(8)7-12/h1,3-7H. The number of hydrogen-bond acceptors (Lipinski definition) is 2. The maximum atomic E-state index is 10.6. The monoisotopic (exact) mass is 170 g/mol. The fraction of sp³-hybridized carbons (Fsp3) is 0. The Labute approximate surface area is 75.2 Å². The summed E-state index contributed by atoms with van der Waals surface area (Å²) < 4.78 is 5.23. The molecule has 0 aliphatic rings. The van der Waals surface area contributed by atoms with Crippen molar-refractivity contribution in [3.63, 3.8) is 0 Å². The van der Waals surface area contributed by atoms with Crippen LogP contribution in [0.1, 0.15) is 16.1 Å². The quantitative estimate of drug-likeness (QED) is 0.485. The third kappa shape index (κ3) is 1.02. The van der Waals surface area contributed by atoms with Gasteiger partial charge in [0.05, 0.1) is 5.56 Å². The molecule has 2 aromatic rings. The molecule has 0 saturated heterocycles. The molecule has 0 fully saturated rings. The normalized spacial score (nSPS) is 9.77. The van der Waals surface area contributed by atoms with Gasteiger partial charge in [0.25, 0.3) is 0 Å². The van der Waals surface area contributed by atoms with Gasteiger partial charge in [0, 0.05) is 5.39 Å². The lowest BCUT2D eigenvalue weighted by molar-refractivity contribution is 0.110. The first-order valence-electron chi connectivity index (χ1n) is 3.80. The fourth-order valence-electron chi connectivity index (χ4n) is 1.30. The van der Waals surface area contributed by atoms with E-state index in [2.05, 4.69) is 5.92 Å². The smallest absolute Gasteiger partial charge is 0.186 e. The minimum Gasteiger partial charge on any atom is -0.452 e. The van der Waals surface area contributed by atoms with Crippen molar-refractivity contribution in [1.29, 1.82) is 0 Å². The zero-order valence-electron chi connectivity index (χ0n) is 6.78. The van der Waals surface area contributed by atoms with Crippen LogP contribution in [0.15, 0.2) is 28.7 Å². The van der Waals surface area contributed by atoms with E-state index in [1.165, 1.54) is 0 Å². The van der Waals surface area contributed by atoms with Gasteiger partial charge in [-0.15, -0.1) is 6.42 Å². The molecule has 0 N–H and O–H groups in total. The SMILES string of the molecule is C#Cc1c(C=O)oc2ccccc12. The molecule has 2 rings (SSSR count). The van der Waals surface area contributed by atoms with Crippen molar-refractivity contribution >= 4 is 17.3 Å². The summed E-state index contributed by atoms with van der Waals surface area (Å²) >= 11 is 0. The molecule has 0 saturated carbocycles. The minimum atomic E-state index is 0.226. The molecule has 0 unspecified atom stereocenters. The van der Waals surface area contributed by atoms with Gasteiger partial charge in [0.15, 0.2) is 12.0 Å². The predicted octanol–water partition coefficient (Wildman–Crippen LogP) is 2.23. The Morgan fingerprint density at radius 3 is 2.85 bits per heavy atom. The number of carbonyl (C=O) groups excluding carboxylic acids is 1. The predicted molar refractivity (Wildman–Crippen MR) is 49.5 cm³/mol. The lowest BCUT2D eigenvalue weighted by Crippen LogP contribution is -1.78. The number of para-hydroxylation sites is 1.